The fraction of sp³-hybridized carbons (Fsp3) is 0.562. The lowest BCUT2D eigenvalue weighted by molar-refractivity contribution is 0.136. The smallest absolute Gasteiger partial charge is 0.0746 e. The molecule has 1 aromatic rings. The quantitative estimate of drug-likeness (QED) is 0.832. The van der Waals surface area contributed by atoms with E-state index in [1.165, 1.54) is 24.8 Å². The highest BCUT2D eigenvalue weighted by atomic mass is 32.1. The van der Waals surface area contributed by atoms with Crippen LogP contribution < -0.4 is 5.73 Å². The molecule has 0 saturated carbocycles. The first-order chi connectivity index (χ1) is 9.13. The van der Waals surface area contributed by atoms with Gasteiger partial charge in [0.15, 0.2) is 0 Å². The summed E-state index contributed by atoms with van der Waals surface area (Å²) in [4.78, 5) is 3.25. The number of nitrogens with zero attached hydrogens (tertiary/aromatic N) is 1. The minimum Gasteiger partial charge on any atom is -0.393 e. The van der Waals surface area contributed by atoms with E-state index in [0.717, 1.165) is 6.42 Å². The maximum atomic E-state index is 5.84. The molecule has 3 unspecified atom stereocenters. The molecule has 2 N–H and O–H groups in total. The van der Waals surface area contributed by atoms with E-state index < -0.39 is 0 Å². The predicted molar refractivity (Wildman–Crippen MR) is 85.2 cm³/mol. The third-order valence-electron chi connectivity index (χ3n) is 4.26. The Morgan fingerprint density at radius 1 is 1.37 bits per heavy atom. The van der Waals surface area contributed by atoms with Crippen LogP contribution in [0.25, 0.3) is 0 Å². The number of nitrogens with two attached hydrogens (primary N) is 1. The molecule has 2 nitrogen and oxygen atoms in total. The summed E-state index contributed by atoms with van der Waals surface area (Å²) in [6.45, 7) is 4.60. The highest BCUT2D eigenvalue weighted by molar-refractivity contribution is 7.80. The third-order valence-corrected chi connectivity index (χ3v) is 4.42. The van der Waals surface area contributed by atoms with Crippen LogP contribution in [-0.2, 0) is 0 Å². The first kappa shape index (κ1) is 14.5. The maximum absolute atomic E-state index is 5.84. The Morgan fingerprint density at radius 3 is 2.63 bits per heavy atom. The van der Waals surface area contributed by atoms with Gasteiger partial charge in [0.2, 0.25) is 0 Å². The van der Waals surface area contributed by atoms with Gasteiger partial charge in [0, 0.05) is 24.5 Å². The van der Waals surface area contributed by atoms with Crippen molar-refractivity contribution in [3.05, 3.63) is 35.9 Å². The molecule has 104 valence electrons. The molecule has 0 bridgehead atoms. The number of hydrogen-bond acceptors (Lipinski definition) is 2. The van der Waals surface area contributed by atoms with Gasteiger partial charge in [0.1, 0.15) is 0 Å². The van der Waals surface area contributed by atoms with Crippen molar-refractivity contribution in [2.75, 3.05) is 0 Å². The minimum atomic E-state index is 0.334. The highest BCUT2D eigenvalue weighted by Crippen LogP contribution is 2.36. The highest BCUT2D eigenvalue weighted by Gasteiger charge is 2.35. The lowest BCUT2D eigenvalue weighted by atomic mass is 9.99. The second-order valence-corrected chi connectivity index (χ2v) is 6.06. The molecular weight excluding hydrogens is 252 g/mol. The number of rotatable bonds is 5. The molecule has 0 radical (unpaired) electrons. The molecule has 0 aromatic heterocycles. The van der Waals surface area contributed by atoms with Crippen molar-refractivity contribution in [2.24, 2.45) is 5.73 Å². The van der Waals surface area contributed by atoms with Crippen LogP contribution in [0.15, 0.2) is 30.3 Å². The number of thiocarbonyl (C=S) groups is 1. The van der Waals surface area contributed by atoms with Crippen molar-refractivity contribution in [1.29, 1.82) is 0 Å². The zero-order chi connectivity index (χ0) is 13.8. The molecule has 3 atom stereocenters. The van der Waals surface area contributed by atoms with Gasteiger partial charge in [-0.05, 0) is 31.7 Å². The van der Waals surface area contributed by atoms with E-state index in [1.807, 2.05) is 0 Å². The molecule has 0 spiro atoms. The van der Waals surface area contributed by atoms with Crippen LogP contribution in [-0.4, -0.2) is 22.0 Å². The summed E-state index contributed by atoms with van der Waals surface area (Å²) in [5, 5.41) is 0. The molecule has 1 heterocycles. The van der Waals surface area contributed by atoms with Crippen molar-refractivity contribution < 1.29 is 0 Å². The zero-order valence-corrected chi connectivity index (χ0v) is 12.7. The molecule has 0 amide bonds. The lowest BCUT2D eigenvalue weighted by Crippen LogP contribution is -2.39. The van der Waals surface area contributed by atoms with Crippen LogP contribution in [0.4, 0.5) is 0 Å². The first-order valence-electron chi connectivity index (χ1n) is 7.24. The van der Waals surface area contributed by atoms with E-state index in [9.17, 15) is 0 Å². The Bertz CT molecular complexity index is 418. The molecule has 1 saturated heterocycles. The second-order valence-electron chi connectivity index (χ2n) is 5.53. The molecule has 0 aliphatic carbocycles. The van der Waals surface area contributed by atoms with Gasteiger partial charge < -0.3 is 5.73 Å². The zero-order valence-electron chi connectivity index (χ0n) is 11.9. The monoisotopic (exact) mass is 276 g/mol. The molecule has 1 aromatic carbocycles. The van der Waals surface area contributed by atoms with Crippen molar-refractivity contribution in [1.82, 2.24) is 4.90 Å². The van der Waals surface area contributed by atoms with Crippen molar-refractivity contribution >= 4 is 17.2 Å². The summed E-state index contributed by atoms with van der Waals surface area (Å²) in [7, 11) is 0. The van der Waals surface area contributed by atoms with Crippen molar-refractivity contribution in [3.63, 3.8) is 0 Å². The van der Waals surface area contributed by atoms with Gasteiger partial charge in [-0.3, -0.25) is 4.90 Å². The van der Waals surface area contributed by atoms with Gasteiger partial charge in [-0.25, -0.2) is 0 Å². The number of likely N-dealkylation sites (tertiary alicyclic amines) is 1. The summed E-state index contributed by atoms with van der Waals surface area (Å²) < 4.78 is 0. The van der Waals surface area contributed by atoms with Gasteiger partial charge in [-0.15, -0.1) is 0 Å². The summed E-state index contributed by atoms with van der Waals surface area (Å²) in [6.07, 6.45) is 4.54. The normalized spacial score (nSPS) is 25.4. The van der Waals surface area contributed by atoms with Gasteiger partial charge in [0.05, 0.1) is 4.99 Å². The van der Waals surface area contributed by atoms with Crippen LogP contribution in [0.2, 0.25) is 0 Å². The molecular formula is C16H24N2S. The van der Waals surface area contributed by atoms with Crippen LogP contribution in [0.1, 0.15) is 51.1 Å². The van der Waals surface area contributed by atoms with Crippen molar-refractivity contribution in [2.45, 2.75) is 57.7 Å². The Labute approximate surface area is 122 Å². The topological polar surface area (TPSA) is 29.3 Å². The Hall–Kier alpha value is -0.930. The average molecular weight is 276 g/mol. The minimum absolute atomic E-state index is 0.334. The Kier molecular flexibility index (Phi) is 4.94. The molecule has 1 fully saturated rings. The Morgan fingerprint density at radius 2 is 2.05 bits per heavy atom. The van der Waals surface area contributed by atoms with E-state index in [1.54, 1.807) is 0 Å². The van der Waals surface area contributed by atoms with Gasteiger partial charge >= 0.3 is 0 Å². The average Bonchev–Trinajstić information content (AvgIpc) is 2.78. The lowest BCUT2D eigenvalue weighted by Gasteiger charge is -2.36. The summed E-state index contributed by atoms with van der Waals surface area (Å²) in [6, 6.07) is 12.3. The first-order valence-corrected chi connectivity index (χ1v) is 7.65. The van der Waals surface area contributed by atoms with Gasteiger partial charge in [-0.2, -0.15) is 0 Å². The van der Waals surface area contributed by atoms with E-state index in [-0.39, 0.29) is 0 Å². The summed E-state index contributed by atoms with van der Waals surface area (Å²) in [5.74, 6) is 0. The largest absolute Gasteiger partial charge is 0.393 e. The SMILES string of the molecule is CCC1CCC(C)N1C(CC(N)=S)c1ccccc1. The second kappa shape index (κ2) is 6.49. The number of benzene rings is 1. The van der Waals surface area contributed by atoms with E-state index >= 15 is 0 Å². The van der Waals surface area contributed by atoms with Crippen LogP contribution >= 0.6 is 12.2 Å². The van der Waals surface area contributed by atoms with E-state index in [0.29, 0.717) is 23.1 Å². The van der Waals surface area contributed by atoms with E-state index in [2.05, 4.69) is 49.1 Å². The molecule has 19 heavy (non-hydrogen) atoms. The van der Waals surface area contributed by atoms with Gasteiger partial charge in [0.25, 0.3) is 0 Å². The summed E-state index contributed by atoms with van der Waals surface area (Å²) in [5.41, 5.74) is 7.17. The summed E-state index contributed by atoms with van der Waals surface area (Å²) >= 11 is 5.17. The maximum Gasteiger partial charge on any atom is 0.0746 e. The third kappa shape index (κ3) is 3.34. The molecule has 2 rings (SSSR count). The van der Waals surface area contributed by atoms with Crippen LogP contribution in [0, 0.1) is 0 Å². The fourth-order valence-corrected chi connectivity index (χ4v) is 3.49. The molecule has 3 heteroatoms. The predicted octanol–water partition coefficient (Wildman–Crippen LogP) is 3.67. The Balaban J connectivity index is 2.29. The fourth-order valence-electron chi connectivity index (χ4n) is 3.33. The standard InChI is InChI=1S/C16H24N2S/c1-3-14-10-9-12(2)18(14)15(11-16(17)19)13-7-5-4-6-8-13/h4-8,12,14-15H,3,9-11H2,1-2H3,(H2,17,19). The number of hydrogen-bond donors (Lipinski definition) is 1. The van der Waals surface area contributed by atoms with Crippen molar-refractivity contribution in [3.8, 4) is 0 Å². The van der Waals surface area contributed by atoms with Crippen LogP contribution in [0.5, 0.6) is 0 Å². The van der Waals surface area contributed by atoms with Crippen LogP contribution in [0.3, 0.4) is 0 Å². The van der Waals surface area contributed by atoms with E-state index in [4.69, 9.17) is 18.0 Å². The molecule has 1 aliphatic heterocycles. The van der Waals surface area contributed by atoms with Gasteiger partial charge in [-0.1, -0.05) is 49.5 Å². The molecule has 1 aliphatic rings.